The number of para-hydroxylation sites is 1. The van der Waals surface area contributed by atoms with Gasteiger partial charge in [0.1, 0.15) is 5.75 Å². The third-order valence-electron chi connectivity index (χ3n) is 2.87. The van der Waals surface area contributed by atoms with Gasteiger partial charge in [-0.05, 0) is 43.3 Å². The lowest BCUT2D eigenvalue weighted by molar-refractivity contribution is 0.475. The van der Waals surface area contributed by atoms with E-state index in [2.05, 4.69) is 17.1 Å². The zero-order valence-electron chi connectivity index (χ0n) is 10.5. The van der Waals surface area contributed by atoms with Gasteiger partial charge in [-0.3, -0.25) is 4.98 Å². The Balaban J connectivity index is 2.07. The number of fused-ring (bicyclic) bond motifs is 1. The predicted molar refractivity (Wildman–Crippen MR) is 78.7 cm³/mol. The maximum atomic E-state index is 9.32. The van der Waals surface area contributed by atoms with Crippen LogP contribution in [0.2, 0.25) is 0 Å². The van der Waals surface area contributed by atoms with Crippen molar-refractivity contribution in [2.45, 2.75) is 16.7 Å². The number of aromatic hydroxyl groups is 1. The van der Waals surface area contributed by atoms with Crippen LogP contribution in [0.4, 0.5) is 0 Å². The Morgan fingerprint density at radius 1 is 1.00 bits per heavy atom. The topological polar surface area (TPSA) is 33.1 Å². The Labute approximate surface area is 116 Å². The molecule has 3 aromatic rings. The highest BCUT2D eigenvalue weighted by Gasteiger charge is 2.05. The third-order valence-corrected chi connectivity index (χ3v) is 3.94. The number of rotatable bonds is 2. The fourth-order valence-corrected chi connectivity index (χ4v) is 3.03. The second kappa shape index (κ2) is 4.94. The van der Waals surface area contributed by atoms with Gasteiger partial charge in [0.05, 0.1) is 5.52 Å². The quantitative estimate of drug-likeness (QED) is 0.747. The molecule has 1 aromatic heterocycles. The highest BCUT2D eigenvalue weighted by Crippen LogP contribution is 2.34. The molecule has 0 saturated carbocycles. The number of benzene rings is 2. The number of hydrogen-bond donors (Lipinski definition) is 1. The van der Waals surface area contributed by atoms with Gasteiger partial charge in [0.15, 0.2) is 0 Å². The first-order valence-corrected chi connectivity index (χ1v) is 6.87. The van der Waals surface area contributed by atoms with E-state index in [-0.39, 0.29) is 0 Å². The Kier molecular flexibility index (Phi) is 3.13. The number of nitrogens with zero attached hydrogens (tertiary/aromatic N) is 1. The summed E-state index contributed by atoms with van der Waals surface area (Å²) in [6.45, 7) is 2.01. The van der Waals surface area contributed by atoms with E-state index in [0.29, 0.717) is 5.75 Å². The second-order valence-electron chi connectivity index (χ2n) is 4.37. The fraction of sp³-hybridized carbons (Fsp3) is 0.0625. The van der Waals surface area contributed by atoms with Gasteiger partial charge >= 0.3 is 0 Å². The molecule has 3 rings (SSSR count). The molecule has 0 radical (unpaired) electrons. The highest BCUT2D eigenvalue weighted by molar-refractivity contribution is 7.99. The number of hydrogen-bond acceptors (Lipinski definition) is 3. The van der Waals surface area contributed by atoms with E-state index in [1.54, 1.807) is 23.9 Å². The summed E-state index contributed by atoms with van der Waals surface area (Å²) in [6.07, 6.45) is 0. The molecule has 3 heteroatoms. The molecule has 1 heterocycles. The molecule has 2 aromatic carbocycles. The van der Waals surface area contributed by atoms with Crippen LogP contribution in [0.25, 0.3) is 10.9 Å². The number of pyridine rings is 1. The first-order chi connectivity index (χ1) is 9.22. The van der Waals surface area contributed by atoms with E-state index < -0.39 is 0 Å². The van der Waals surface area contributed by atoms with Gasteiger partial charge in [-0.2, -0.15) is 0 Å². The first-order valence-electron chi connectivity index (χ1n) is 6.06. The molecule has 0 unspecified atom stereocenters. The van der Waals surface area contributed by atoms with E-state index in [4.69, 9.17) is 0 Å². The summed E-state index contributed by atoms with van der Waals surface area (Å²) in [5, 5.41) is 10.5. The molecule has 0 aliphatic heterocycles. The van der Waals surface area contributed by atoms with Crippen molar-refractivity contribution in [3.8, 4) is 5.75 Å². The van der Waals surface area contributed by atoms with Gasteiger partial charge < -0.3 is 5.11 Å². The van der Waals surface area contributed by atoms with Gasteiger partial charge in [-0.25, -0.2) is 0 Å². The standard InChI is InChI=1S/C16H13NOS/c1-11-10-16(14-4-2-3-5-15(14)17-11)19-13-8-6-12(18)7-9-13/h2-10,18H,1H3. The molecule has 1 N–H and O–H groups in total. The Morgan fingerprint density at radius 3 is 2.53 bits per heavy atom. The largest absolute Gasteiger partial charge is 0.508 e. The minimum atomic E-state index is 0.292. The van der Waals surface area contributed by atoms with Crippen molar-refractivity contribution in [3.05, 3.63) is 60.3 Å². The smallest absolute Gasteiger partial charge is 0.115 e. The number of phenolic OH excluding ortho intramolecular Hbond substituents is 1. The first kappa shape index (κ1) is 12.1. The maximum Gasteiger partial charge on any atom is 0.115 e. The van der Waals surface area contributed by atoms with Crippen LogP contribution in [0.3, 0.4) is 0 Å². The minimum absolute atomic E-state index is 0.292. The zero-order valence-corrected chi connectivity index (χ0v) is 11.3. The van der Waals surface area contributed by atoms with Crippen molar-refractivity contribution < 1.29 is 5.11 Å². The van der Waals surface area contributed by atoms with Gasteiger partial charge in [0.2, 0.25) is 0 Å². The van der Waals surface area contributed by atoms with Crippen LogP contribution in [0.5, 0.6) is 5.75 Å². The van der Waals surface area contributed by atoms with E-state index in [0.717, 1.165) is 21.5 Å². The van der Waals surface area contributed by atoms with Gasteiger partial charge in [0, 0.05) is 20.9 Å². The van der Waals surface area contributed by atoms with Gasteiger partial charge in [-0.15, -0.1) is 0 Å². The lowest BCUT2D eigenvalue weighted by Crippen LogP contribution is -1.86. The Hall–Kier alpha value is -2.00. The van der Waals surface area contributed by atoms with Crippen LogP contribution in [0.1, 0.15) is 5.69 Å². The lowest BCUT2D eigenvalue weighted by atomic mass is 10.2. The summed E-state index contributed by atoms with van der Waals surface area (Å²) in [6, 6.07) is 17.5. The van der Waals surface area contributed by atoms with E-state index in [1.165, 1.54) is 4.90 Å². The van der Waals surface area contributed by atoms with Crippen LogP contribution in [-0.2, 0) is 0 Å². The lowest BCUT2D eigenvalue weighted by Gasteiger charge is -2.07. The minimum Gasteiger partial charge on any atom is -0.508 e. The van der Waals surface area contributed by atoms with Crippen molar-refractivity contribution in [2.24, 2.45) is 0 Å². The summed E-state index contributed by atoms with van der Waals surface area (Å²) in [7, 11) is 0. The molecule has 0 aliphatic rings. The number of aromatic nitrogens is 1. The molecule has 94 valence electrons. The predicted octanol–water partition coefficient (Wildman–Crippen LogP) is 4.40. The summed E-state index contributed by atoms with van der Waals surface area (Å²) in [5.74, 6) is 0.292. The van der Waals surface area contributed by atoms with Gasteiger partial charge in [-0.1, -0.05) is 30.0 Å². The van der Waals surface area contributed by atoms with Gasteiger partial charge in [0.25, 0.3) is 0 Å². The van der Waals surface area contributed by atoms with Crippen molar-refractivity contribution >= 4 is 22.7 Å². The molecular formula is C16H13NOS. The van der Waals surface area contributed by atoms with Crippen LogP contribution in [0, 0.1) is 6.92 Å². The summed E-state index contributed by atoms with van der Waals surface area (Å²) >= 11 is 1.69. The average Bonchev–Trinajstić information content (AvgIpc) is 2.41. The van der Waals surface area contributed by atoms with E-state index >= 15 is 0 Å². The summed E-state index contributed by atoms with van der Waals surface area (Å²) in [4.78, 5) is 6.83. The van der Waals surface area contributed by atoms with Crippen molar-refractivity contribution in [1.29, 1.82) is 0 Å². The summed E-state index contributed by atoms with van der Waals surface area (Å²) in [5.41, 5.74) is 2.03. The number of aryl methyl sites for hydroxylation is 1. The zero-order chi connectivity index (χ0) is 13.2. The highest BCUT2D eigenvalue weighted by atomic mass is 32.2. The van der Waals surface area contributed by atoms with Crippen LogP contribution >= 0.6 is 11.8 Å². The molecule has 0 bridgehead atoms. The fourth-order valence-electron chi connectivity index (χ4n) is 1.99. The molecule has 0 saturated heterocycles. The molecule has 0 spiro atoms. The van der Waals surface area contributed by atoms with Crippen LogP contribution in [0.15, 0.2) is 64.4 Å². The van der Waals surface area contributed by atoms with Crippen LogP contribution in [-0.4, -0.2) is 10.1 Å². The molecule has 19 heavy (non-hydrogen) atoms. The van der Waals surface area contributed by atoms with E-state index in [9.17, 15) is 5.11 Å². The molecule has 0 fully saturated rings. The van der Waals surface area contributed by atoms with Crippen LogP contribution < -0.4 is 0 Å². The Bertz CT molecular complexity index is 722. The molecule has 2 nitrogen and oxygen atoms in total. The molecule has 0 atom stereocenters. The molecule has 0 amide bonds. The molecule has 0 aliphatic carbocycles. The molecular weight excluding hydrogens is 254 g/mol. The number of phenols is 1. The van der Waals surface area contributed by atoms with E-state index in [1.807, 2.05) is 37.3 Å². The Morgan fingerprint density at radius 2 is 1.74 bits per heavy atom. The van der Waals surface area contributed by atoms with Crippen molar-refractivity contribution in [2.75, 3.05) is 0 Å². The SMILES string of the molecule is Cc1cc(Sc2ccc(O)cc2)c2ccccc2n1. The summed E-state index contributed by atoms with van der Waals surface area (Å²) < 4.78 is 0. The van der Waals surface area contributed by atoms with Crippen molar-refractivity contribution in [3.63, 3.8) is 0 Å². The average molecular weight is 267 g/mol. The van der Waals surface area contributed by atoms with Crippen molar-refractivity contribution in [1.82, 2.24) is 4.98 Å². The maximum absolute atomic E-state index is 9.32. The third kappa shape index (κ3) is 2.56. The monoisotopic (exact) mass is 267 g/mol. The second-order valence-corrected chi connectivity index (χ2v) is 5.49. The normalized spacial score (nSPS) is 10.8.